The Labute approximate surface area is 182 Å². The van der Waals surface area contributed by atoms with Crippen LogP contribution in [0.25, 0.3) is 0 Å². The molecule has 2 unspecified atom stereocenters. The molecule has 0 aromatic rings. The first-order chi connectivity index (χ1) is 14.5. The predicted octanol–water partition coefficient (Wildman–Crippen LogP) is 3.29. The van der Waals surface area contributed by atoms with E-state index in [1.807, 2.05) is 0 Å². The van der Waals surface area contributed by atoms with Gasteiger partial charge in [0, 0.05) is 24.4 Å². The van der Waals surface area contributed by atoms with E-state index < -0.39 is 24.2 Å². The molecule has 6 nitrogen and oxygen atoms in total. The van der Waals surface area contributed by atoms with Crippen LogP contribution in [-0.2, 0) is 19.1 Å². The minimum atomic E-state index is -4.24. The molecule has 31 heavy (non-hydrogen) atoms. The van der Waals surface area contributed by atoms with E-state index in [0.29, 0.717) is 19.3 Å². The summed E-state index contributed by atoms with van der Waals surface area (Å²) in [5.74, 6) is -2.35. The Morgan fingerprint density at radius 2 is 1.74 bits per heavy atom. The van der Waals surface area contributed by atoms with Crippen LogP contribution in [0, 0.1) is 17.3 Å². The number of nitrogens with zero attached hydrogens (tertiary/aromatic N) is 1. The van der Waals surface area contributed by atoms with Gasteiger partial charge in [-0.15, -0.1) is 0 Å². The van der Waals surface area contributed by atoms with Gasteiger partial charge in [-0.3, -0.25) is 9.59 Å². The van der Waals surface area contributed by atoms with Gasteiger partial charge in [0.2, 0.25) is 11.8 Å². The molecule has 178 valence electrons. The Kier molecular flexibility index (Phi) is 7.56. The third-order valence-corrected chi connectivity index (χ3v) is 7.10. The third-order valence-electron chi connectivity index (χ3n) is 7.10. The van der Waals surface area contributed by atoms with Crippen LogP contribution in [0.4, 0.5) is 13.2 Å². The van der Waals surface area contributed by atoms with Gasteiger partial charge >= 0.3 is 6.18 Å². The molecule has 1 aliphatic carbocycles. The molecule has 0 aromatic carbocycles. The van der Waals surface area contributed by atoms with Crippen LogP contribution < -0.4 is 5.32 Å². The second kappa shape index (κ2) is 9.65. The van der Waals surface area contributed by atoms with E-state index in [2.05, 4.69) is 5.32 Å². The molecular formula is C22H35F3N2O4. The third kappa shape index (κ3) is 5.92. The van der Waals surface area contributed by atoms with Crippen LogP contribution in [0.1, 0.15) is 59.3 Å². The van der Waals surface area contributed by atoms with E-state index in [4.69, 9.17) is 9.47 Å². The molecule has 0 radical (unpaired) electrons. The lowest BCUT2D eigenvalue weighted by molar-refractivity contribution is -0.187. The highest BCUT2D eigenvalue weighted by Gasteiger charge is 2.44. The number of hydrogen-bond acceptors (Lipinski definition) is 4. The number of nitrogens with one attached hydrogen (secondary N) is 1. The monoisotopic (exact) mass is 448 g/mol. The van der Waals surface area contributed by atoms with Gasteiger partial charge in [0.25, 0.3) is 0 Å². The van der Waals surface area contributed by atoms with Gasteiger partial charge in [-0.25, -0.2) is 0 Å². The zero-order valence-electron chi connectivity index (χ0n) is 18.7. The van der Waals surface area contributed by atoms with Crippen molar-refractivity contribution in [3.8, 4) is 0 Å². The van der Waals surface area contributed by atoms with Gasteiger partial charge in [0.1, 0.15) is 6.04 Å². The van der Waals surface area contributed by atoms with Crippen molar-refractivity contribution in [2.45, 2.75) is 83.7 Å². The van der Waals surface area contributed by atoms with Gasteiger partial charge in [-0.2, -0.15) is 13.2 Å². The number of fused-ring (bicyclic) bond motifs is 3. The Hall–Kier alpha value is -1.35. The van der Waals surface area contributed by atoms with Crippen LogP contribution in [0.15, 0.2) is 0 Å². The maximum Gasteiger partial charge on any atom is 0.391 e. The topological polar surface area (TPSA) is 67.9 Å². The lowest BCUT2D eigenvalue weighted by Gasteiger charge is -2.46. The molecule has 1 saturated carbocycles. The Bertz CT molecular complexity index is 625. The molecule has 2 atom stereocenters. The average Bonchev–Trinajstić information content (AvgIpc) is 2.76. The van der Waals surface area contributed by atoms with Gasteiger partial charge in [0.05, 0.1) is 31.3 Å². The van der Waals surface area contributed by atoms with E-state index >= 15 is 0 Å². The SMILES string of the molecule is CC(C)C(=O)NC(C(=O)N1CCC(C(F)(F)F)CC1)C(C)OCC12CCC(CC1)OC2. The molecule has 0 spiro atoms. The largest absolute Gasteiger partial charge is 0.391 e. The van der Waals surface area contributed by atoms with E-state index in [-0.39, 0.29) is 49.1 Å². The Morgan fingerprint density at radius 1 is 1.13 bits per heavy atom. The van der Waals surface area contributed by atoms with Gasteiger partial charge in [-0.05, 0) is 45.4 Å². The molecule has 3 heterocycles. The Balaban J connectivity index is 1.63. The summed E-state index contributed by atoms with van der Waals surface area (Å²) in [5, 5.41) is 2.77. The summed E-state index contributed by atoms with van der Waals surface area (Å²) in [5.41, 5.74) is -0.0519. The maximum absolute atomic E-state index is 13.2. The van der Waals surface area contributed by atoms with Crippen molar-refractivity contribution in [1.29, 1.82) is 0 Å². The number of alkyl halides is 3. The summed E-state index contributed by atoms with van der Waals surface area (Å²) < 4.78 is 50.9. The van der Waals surface area contributed by atoms with E-state index in [1.54, 1.807) is 20.8 Å². The number of rotatable bonds is 7. The molecule has 4 aliphatic rings. The fraction of sp³-hybridized carbons (Fsp3) is 0.909. The molecule has 2 bridgehead atoms. The fourth-order valence-corrected chi connectivity index (χ4v) is 4.72. The van der Waals surface area contributed by atoms with Crippen LogP contribution in [0.3, 0.4) is 0 Å². The van der Waals surface area contributed by atoms with Crippen molar-refractivity contribution < 1.29 is 32.2 Å². The van der Waals surface area contributed by atoms with Crippen LogP contribution in [0.5, 0.6) is 0 Å². The number of hydrogen-bond donors (Lipinski definition) is 1. The highest BCUT2D eigenvalue weighted by Crippen LogP contribution is 2.43. The lowest BCUT2D eigenvalue weighted by atomic mass is 9.72. The number of ether oxygens (including phenoxy) is 2. The summed E-state index contributed by atoms with van der Waals surface area (Å²) in [6.45, 7) is 6.36. The number of carbonyl (C=O) groups excluding carboxylic acids is 2. The van der Waals surface area contributed by atoms with Gasteiger partial charge in [0.15, 0.2) is 0 Å². The van der Waals surface area contributed by atoms with Crippen molar-refractivity contribution in [3.63, 3.8) is 0 Å². The Morgan fingerprint density at radius 3 is 2.23 bits per heavy atom. The quantitative estimate of drug-likeness (QED) is 0.649. The lowest BCUT2D eigenvalue weighted by Crippen LogP contribution is -2.57. The molecule has 3 aliphatic heterocycles. The number of piperidine rings is 1. The molecule has 9 heteroatoms. The second-order valence-corrected chi connectivity index (χ2v) is 9.81. The van der Waals surface area contributed by atoms with Gasteiger partial charge in [-0.1, -0.05) is 13.8 Å². The first-order valence-corrected chi connectivity index (χ1v) is 11.4. The molecule has 4 fully saturated rings. The van der Waals surface area contributed by atoms with E-state index in [9.17, 15) is 22.8 Å². The number of amides is 2. The van der Waals surface area contributed by atoms with Gasteiger partial charge < -0.3 is 19.7 Å². The number of carbonyl (C=O) groups is 2. The summed E-state index contributed by atoms with van der Waals surface area (Å²) >= 11 is 0. The fourth-order valence-electron chi connectivity index (χ4n) is 4.72. The highest BCUT2D eigenvalue weighted by atomic mass is 19.4. The molecule has 2 amide bonds. The highest BCUT2D eigenvalue weighted by molar-refractivity contribution is 5.88. The zero-order valence-corrected chi connectivity index (χ0v) is 18.7. The molecule has 0 aromatic heterocycles. The average molecular weight is 449 g/mol. The molecular weight excluding hydrogens is 413 g/mol. The van der Waals surface area contributed by atoms with Crippen LogP contribution in [0.2, 0.25) is 0 Å². The minimum absolute atomic E-state index is 0.0307. The summed E-state index contributed by atoms with van der Waals surface area (Å²) in [4.78, 5) is 27.0. The van der Waals surface area contributed by atoms with Crippen LogP contribution >= 0.6 is 0 Å². The predicted molar refractivity (Wildman–Crippen MR) is 108 cm³/mol. The summed E-state index contributed by atoms with van der Waals surface area (Å²) in [6, 6.07) is -0.922. The van der Waals surface area contributed by atoms with E-state index in [0.717, 1.165) is 25.7 Å². The summed E-state index contributed by atoms with van der Waals surface area (Å²) in [7, 11) is 0. The first kappa shape index (κ1) is 24.3. The standard InChI is InChI=1S/C22H35F3N2O4/c1-14(2)19(28)26-18(20(29)27-10-6-16(7-11-27)22(23,24)25)15(3)30-12-21-8-4-17(5-9-21)31-13-21/h14-18H,4-13H2,1-3H3,(H,26,28). The smallest absolute Gasteiger partial charge is 0.378 e. The zero-order chi connectivity index (χ0) is 22.8. The van der Waals surface area contributed by atoms with Crippen molar-refractivity contribution >= 4 is 11.8 Å². The number of likely N-dealkylation sites (tertiary alicyclic amines) is 1. The van der Waals surface area contributed by atoms with Crippen LogP contribution in [-0.4, -0.2) is 67.4 Å². The molecule has 1 N–H and O–H groups in total. The van der Waals surface area contributed by atoms with Crippen molar-refractivity contribution in [3.05, 3.63) is 0 Å². The van der Waals surface area contributed by atoms with Crippen molar-refractivity contribution in [2.24, 2.45) is 17.3 Å². The molecule has 4 rings (SSSR count). The number of halogens is 3. The second-order valence-electron chi connectivity index (χ2n) is 9.81. The minimum Gasteiger partial charge on any atom is -0.378 e. The summed E-state index contributed by atoms with van der Waals surface area (Å²) in [6.07, 6.45) is -0.650. The maximum atomic E-state index is 13.2. The molecule has 3 saturated heterocycles. The van der Waals surface area contributed by atoms with Crippen molar-refractivity contribution in [1.82, 2.24) is 10.2 Å². The van der Waals surface area contributed by atoms with E-state index in [1.165, 1.54) is 4.90 Å². The normalized spacial score (nSPS) is 29.1. The first-order valence-electron chi connectivity index (χ1n) is 11.4. The van der Waals surface area contributed by atoms with Crippen molar-refractivity contribution in [2.75, 3.05) is 26.3 Å².